The molecule has 0 saturated carbocycles. The van der Waals surface area contributed by atoms with Crippen molar-refractivity contribution < 1.29 is 4.92 Å². The molecule has 0 saturated heterocycles. The summed E-state index contributed by atoms with van der Waals surface area (Å²) >= 11 is 0. The molecular weight excluding hydrogens is 144 g/mol. The molecule has 0 bridgehead atoms. The minimum Gasteiger partial charge on any atom is -0.404 e. The fraction of sp³-hybridized carbons (Fsp3) is 0.429. The van der Waals surface area contributed by atoms with E-state index in [9.17, 15) is 10.1 Å². The van der Waals surface area contributed by atoms with Gasteiger partial charge in [0.25, 0.3) is 5.70 Å². The van der Waals surface area contributed by atoms with Crippen LogP contribution in [0.5, 0.6) is 0 Å². The van der Waals surface area contributed by atoms with Crippen LogP contribution in [0.2, 0.25) is 0 Å². The van der Waals surface area contributed by atoms with Crippen LogP contribution in [-0.2, 0) is 0 Å². The van der Waals surface area contributed by atoms with Gasteiger partial charge in [-0.1, -0.05) is 13.3 Å². The average Bonchev–Trinajstić information content (AvgIpc) is 1.97. The molecule has 0 amide bonds. The molecule has 4 heteroatoms. The molecule has 0 atom stereocenters. The number of unbranched alkanes of at least 4 members (excludes halogenated alkanes) is 1. The third-order valence-electron chi connectivity index (χ3n) is 1.12. The Bertz CT molecular complexity index is 185. The highest BCUT2D eigenvalue weighted by molar-refractivity contribution is 5.09. The number of nitrogens with zero attached hydrogens (tertiary/aromatic N) is 1. The lowest BCUT2D eigenvalue weighted by atomic mass is 10.3. The number of allylic oxidation sites excluding steroid dienone is 2. The summed E-state index contributed by atoms with van der Waals surface area (Å²) in [4.78, 5) is 9.78. The van der Waals surface area contributed by atoms with E-state index in [-0.39, 0.29) is 5.70 Å². The molecule has 2 N–H and O–H groups in total. The van der Waals surface area contributed by atoms with Crippen LogP contribution in [0.3, 0.4) is 0 Å². The van der Waals surface area contributed by atoms with Gasteiger partial charge in [0, 0.05) is 12.3 Å². The number of rotatable bonds is 4. The summed E-state index contributed by atoms with van der Waals surface area (Å²) < 4.78 is 0. The van der Waals surface area contributed by atoms with Gasteiger partial charge < -0.3 is 5.73 Å². The zero-order valence-corrected chi connectivity index (χ0v) is 6.49. The van der Waals surface area contributed by atoms with Gasteiger partial charge in [0.2, 0.25) is 0 Å². The van der Waals surface area contributed by atoms with Gasteiger partial charge in [-0.15, -0.1) is 0 Å². The Morgan fingerprint density at radius 2 is 2.36 bits per heavy atom. The van der Waals surface area contributed by atoms with Crippen LogP contribution in [0.15, 0.2) is 24.0 Å². The molecule has 0 aromatic carbocycles. The second-order valence-electron chi connectivity index (χ2n) is 2.03. The van der Waals surface area contributed by atoms with Crippen LogP contribution < -0.4 is 5.73 Å². The predicted octanol–water partition coefficient (Wildman–Crippen LogP) is 1.42. The van der Waals surface area contributed by atoms with E-state index in [2.05, 4.69) is 0 Å². The van der Waals surface area contributed by atoms with Crippen molar-refractivity contribution >= 4 is 0 Å². The Morgan fingerprint density at radius 1 is 1.73 bits per heavy atom. The van der Waals surface area contributed by atoms with Crippen LogP contribution in [0.1, 0.15) is 19.8 Å². The first-order chi connectivity index (χ1) is 5.22. The Morgan fingerprint density at radius 3 is 2.73 bits per heavy atom. The number of hydrogen-bond acceptors (Lipinski definition) is 3. The molecule has 0 aliphatic carbocycles. The van der Waals surface area contributed by atoms with E-state index >= 15 is 0 Å². The van der Waals surface area contributed by atoms with Crippen molar-refractivity contribution in [3.05, 3.63) is 34.2 Å². The van der Waals surface area contributed by atoms with E-state index in [1.807, 2.05) is 6.92 Å². The molecule has 0 aliphatic heterocycles. The third-order valence-corrected chi connectivity index (χ3v) is 1.12. The van der Waals surface area contributed by atoms with Crippen LogP contribution >= 0.6 is 0 Å². The molecule has 0 rings (SSSR count). The fourth-order valence-electron chi connectivity index (χ4n) is 0.594. The maximum Gasteiger partial charge on any atom is 0.266 e. The monoisotopic (exact) mass is 156 g/mol. The second kappa shape index (κ2) is 5.46. The van der Waals surface area contributed by atoms with Gasteiger partial charge in [0.1, 0.15) is 0 Å². The molecule has 0 heterocycles. The van der Waals surface area contributed by atoms with Crippen LogP contribution in [0.4, 0.5) is 0 Å². The highest BCUT2D eigenvalue weighted by Gasteiger charge is 2.02. The lowest BCUT2D eigenvalue weighted by molar-refractivity contribution is -0.419. The van der Waals surface area contributed by atoms with Crippen molar-refractivity contribution in [2.24, 2.45) is 5.73 Å². The Hall–Kier alpha value is -1.32. The largest absolute Gasteiger partial charge is 0.404 e. The van der Waals surface area contributed by atoms with Crippen LogP contribution in [0.25, 0.3) is 0 Å². The number of nitrogens with two attached hydrogens (primary N) is 1. The molecule has 0 spiro atoms. The Kier molecular flexibility index (Phi) is 4.81. The zero-order chi connectivity index (χ0) is 8.69. The molecule has 0 aromatic heterocycles. The maximum absolute atomic E-state index is 10.2. The van der Waals surface area contributed by atoms with Crippen molar-refractivity contribution in [1.29, 1.82) is 0 Å². The first-order valence-corrected chi connectivity index (χ1v) is 3.45. The van der Waals surface area contributed by atoms with Crippen molar-refractivity contribution in [2.75, 3.05) is 0 Å². The first-order valence-electron chi connectivity index (χ1n) is 3.45. The molecular formula is C7H12N2O2. The highest BCUT2D eigenvalue weighted by atomic mass is 16.6. The van der Waals surface area contributed by atoms with Gasteiger partial charge in [0.05, 0.1) is 4.92 Å². The van der Waals surface area contributed by atoms with Crippen LogP contribution in [-0.4, -0.2) is 4.92 Å². The zero-order valence-electron chi connectivity index (χ0n) is 6.49. The molecule has 0 aliphatic rings. The summed E-state index contributed by atoms with van der Waals surface area (Å²) in [6.07, 6.45) is 5.62. The quantitative estimate of drug-likeness (QED) is 0.380. The van der Waals surface area contributed by atoms with E-state index in [0.29, 0.717) is 6.42 Å². The SMILES string of the molecule is CCC/C=C(\C=C/N)[N+](=O)[O-]. The Balaban J connectivity index is 4.20. The predicted molar refractivity (Wildman–Crippen MR) is 43.3 cm³/mol. The maximum atomic E-state index is 10.2. The molecule has 0 unspecified atom stereocenters. The summed E-state index contributed by atoms with van der Waals surface area (Å²) in [5.74, 6) is 0. The number of hydrogen-bond donors (Lipinski definition) is 1. The summed E-state index contributed by atoms with van der Waals surface area (Å²) in [5, 5.41) is 10.2. The summed E-state index contributed by atoms with van der Waals surface area (Å²) in [6, 6.07) is 0. The van der Waals surface area contributed by atoms with Gasteiger partial charge >= 0.3 is 0 Å². The third kappa shape index (κ3) is 4.13. The molecule has 11 heavy (non-hydrogen) atoms. The van der Waals surface area contributed by atoms with Gasteiger partial charge in [-0.05, 0) is 12.5 Å². The highest BCUT2D eigenvalue weighted by Crippen LogP contribution is 2.00. The molecule has 0 radical (unpaired) electrons. The van der Waals surface area contributed by atoms with E-state index in [1.54, 1.807) is 6.08 Å². The Labute approximate surface area is 65.5 Å². The van der Waals surface area contributed by atoms with Gasteiger partial charge in [0.15, 0.2) is 0 Å². The minimum atomic E-state index is -0.445. The van der Waals surface area contributed by atoms with Crippen LogP contribution in [0, 0.1) is 10.1 Å². The van der Waals surface area contributed by atoms with E-state index in [0.717, 1.165) is 6.42 Å². The number of nitro groups is 1. The smallest absolute Gasteiger partial charge is 0.266 e. The molecule has 62 valence electrons. The standard InChI is InChI=1S/C7H12N2O2/c1-2-3-4-7(5-6-8)9(10)11/h4-6H,2-3,8H2,1H3/b6-5-,7-4+. The summed E-state index contributed by atoms with van der Waals surface area (Å²) in [6.45, 7) is 1.96. The normalized spacial score (nSPS) is 12.3. The van der Waals surface area contributed by atoms with Gasteiger partial charge in [-0.25, -0.2) is 0 Å². The summed E-state index contributed by atoms with van der Waals surface area (Å²) in [5.41, 5.74) is 5.08. The second-order valence-corrected chi connectivity index (χ2v) is 2.03. The van der Waals surface area contributed by atoms with Gasteiger partial charge in [-0.2, -0.15) is 0 Å². The summed E-state index contributed by atoms with van der Waals surface area (Å²) in [7, 11) is 0. The molecule has 0 fully saturated rings. The average molecular weight is 156 g/mol. The first kappa shape index (κ1) is 9.68. The minimum absolute atomic E-state index is 0.0642. The van der Waals surface area contributed by atoms with Crippen molar-refractivity contribution in [1.82, 2.24) is 0 Å². The molecule has 0 aromatic rings. The van der Waals surface area contributed by atoms with Crippen molar-refractivity contribution in [3.63, 3.8) is 0 Å². The lowest BCUT2D eigenvalue weighted by Gasteiger charge is -1.89. The molecule has 4 nitrogen and oxygen atoms in total. The van der Waals surface area contributed by atoms with Crippen molar-refractivity contribution in [2.45, 2.75) is 19.8 Å². The van der Waals surface area contributed by atoms with E-state index in [1.165, 1.54) is 12.3 Å². The van der Waals surface area contributed by atoms with Gasteiger partial charge in [-0.3, -0.25) is 10.1 Å². The topological polar surface area (TPSA) is 69.2 Å². The van der Waals surface area contributed by atoms with E-state index < -0.39 is 4.92 Å². The van der Waals surface area contributed by atoms with Crippen molar-refractivity contribution in [3.8, 4) is 0 Å². The fourth-order valence-corrected chi connectivity index (χ4v) is 0.594. The van der Waals surface area contributed by atoms with E-state index in [4.69, 9.17) is 5.73 Å². The lowest BCUT2D eigenvalue weighted by Crippen LogP contribution is -1.96.